The number of nitrogens with one attached hydrogen (secondary N) is 1. The van der Waals surface area contributed by atoms with Crippen molar-refractivity contribution in [3.63, 3.8) is 0 Å². The van der Waals surface area contributed by atoms with Gasteiger partial charge in [0.2, 0.25) is 0 Å². The van der Waals surface area contributed by atoms with Gasteiger partial charge in [0.05, 0.1) is 3.57 Å². The molecular weight excluding hydrogens is 333 g/mol. The third-order valence-electron chi connectivity index (χ3n) is 2.38. The Bertz CT molecular complexity index is 395. The number of halogens is 1. The summed E-state index contributed by atoms with van der Waals surface area (Å²) in [7, 11) is 0. The van der Waals surface area contributed by atoms with Crippen molar-refractivity contribution in [2.75, 3.05) is 6.61 Å². The molecular formula is C12H16INO3. The highest BCUT2D eigenvalue weighted by atomic mass is 127. The van der Waals surface area contributed by atoms with E-state index in [1.165, 1.54) is 6.07 Å². The summed E-state index contributed by atoms with van der Waals surface area (Å²) in [5.74, 6) is -0.0941. The Morgan fingerprint density at radius 1 is 1.53 bits per heavy atom. The zero-order valence-electron chi connectivity index (χ0n) is 9.61. The average Bonchev–Trinajstić information content (AvgIpc) is 2.30. The van der Waals surface area contributed by atoms with E-state index in [0.29, 0.717) is 15.6 Å². The molecule has 1 rings (SSSR count). The first-order chi connectivity index (χ1) is 8.04. The van der Waals surface area contributed by atoms with Gasteiger partial charge in [-0.05, 0) is 60.6 Å². The van der Waals surface area contributed by atoms with Crippen LogP contribution in [0.15, 0.2) is 18.2 Å². The molecule has 94 valence electrons. The molecule has 1 aromatic rings. The molecule has 1 atom stereocenters. The van der Waals surface area contributed by atoms with Gasteiger partial charge in [0.1, 0.15) is 5.75 Å². The van der Waals surface area contributed by atoms with Crippen LogP contribution in [0.1, 0.15) is 30.1 Å². The van der Waals surface area contributed by atoms with E-state index < -0.39 is 0 Å². The number of hydrogen-bond acceptors (Lipinski definition) is 3. The van der Waals surface area contributed by atoms with Crippen molar-refractivity contribution in [3.8, 4) is 5.75 Å². The Morgan fingerprint density at radius 2 is 2.24 bits per heavy atom. The Hall–Kier alpha value is -0.820. The second-order valence-electron chi connectivity index (χ2n) is 3.91. The van der Waals surface area contributed by atoms with Gasteiger partial charge in [-0.2, -0.15) is 0 Å². The maximum absolute atomic E-state index is 11.8. The Balaban J connectivity index is 2.60. The van der Waals surface area contributed by atoms with Gasteiger partial charge in [-0.25, -0.2) is 0 Å². The highest BCUT2D eigenvalue weighted by Gasteiger charge is 2.11. The van der Waals surface area contributed by atoms with Gasteiger partial charge in [0.25, 0.3) is 5.91 Å². The maximum atomic E-state index is 11.8. The minimum Gasteiger partial charge on any atom is -0.507 e. The average molecular weight is 349 g/mol. The fourth-order valence-corrected chi connectivity index (χ4v) is 1.77. The number of benzene rings is 1. The van der Waals surface area contributed by atoms with E-state index in [0.717, 1.165) is 6.42 Å². The van der Waals surface area contributed by atoms with E-state index in [4.69, 9.17) is 5.11 Å². The minimum atomic E-state index is -0.206. The molecule has 0 aliphatic heterocycles. The van der Waals surface area contributed by atoms with Crippen LogP contribution in [0.4, 0.5) is 0 Å². The van der Waals surface area contributed by atoms with Crippen molar-refractivity contribution in [2.45, 2.75) is 25.8 Å². The highest BCUT2D eigenvalue weighted by Crippen LogP contribution is 2.20. The normalized spacial score (nSPS) is 12.2. The Kier molecular flexibility index (Phi) is 5.70. The van der Waals surface area contributed by atoms with E-state index in [-0.39, 0.29) is 24.3 Å². The standard InChI is InChI=1S/C12H16INO3/c1-8(3-2-6-15)14-12(17)9-4-5-10(13)11(16)7-9/h4-5,7-8,15-16H,2-3,6H2,1H3,(H,14,17). The number of phenolic OH excluding ortho intramolecular Hbond substituents is 1. The number of carbonyl (C=O) groups excluding carboxylic acids is 1. The summed E-state index contributed by atoms with van der Waals surface area (Å²) in [5, 5.41) is 21.0. The van der Waals surface area contributed by atoms with Crippen molar-refractivity contribution in [1.82, 2.24) is 5.32 Å². The number of carbonyl (C=O) groups is 1. The van der Waals surface area contributed by atoms with Gasteiger partial charge in [-0.3, -0.25) is 4.79 Å². The molecule has 0 aromatic heterocycles. The lowest BCUT2D eigenvalue weighted by molar-refractivity contribution is 0.0936. The number of aliphatic hydroxyl groups excluding tert-OH is 1. The lowest BCUT2D eigenvalue weighted by atomic mass is 10.1. The predicted octanol–water partition coefficient (Wildman–Crippen LogP) is 1.89. The molecule has 17 heavy (non-hydrogen) atoms. The van der Waals surface area contributed by atoms with E-state index in [9.17, 15) is 9.90 Å². The van der Waals surface area contributed by atoms with Gasteiger partial charge in [-0.1, -0.05) is 0 Å². The van der Waals surface area contributed by atoms with Crippen molar-refractivity contribution in [3.05, 3.63) is 27.3 Å². The topological polar surface area (TPSA) is 69.6 Å². The van der Waals surface area contributed by atoms with E-state index in [1.54, 1.807) is 12.1 Å². The van der Waals surface area contributed by atoms with Crippen molar-refractivity contribution in [2.24, 2.45) is 0 Å². The van der Waals surface area contributed by atoms with Gasteiger partial charge in [-0.15, -0.1) is 0 Å². The third-order valence-corrected chi connectivity index (χ3v) is 3.29. The SMILES string of the molecule is CC(CCCO)NC(=O)c1ccc(I)c(O)c1. The predicted molar refractivity (Wildman–Crippen MR) is 74.1 cm³/mol. The van der Waals surface area contributed by atoms with Crippen LogP contribution < -0.4 is 5.32 Å². The first-order valence-corrected chi connectivity index (χ1v) is 6.52. The summed E-state index contributed by atoms with van der Waals surface area (Å²) in [6.07, 6.45) is 1.40. The monoisotopic (exact) mass is 349 g/mol. The number of hydrogen-bond donors (Lipinski definition) is 3. The fourth-order valence-electron chi connectivity index (χ4n) is 1.43. The quantitative estimate of drug-likeness (QED) is 0.711. The van der Waals surface area contributed by atoms with Gasteiger partial charge >= 0.3 is 0 Å². The second kappa shape index (κ2) is 6.80. The minimum absolute atomic E-state index is 0.0103. The van der Waals surface area contributed by atoms with E-state index >= 15 is 0 Å². The molecule has 0 spiro atoms. The van der Waals surface area contributed by atoms with Crippen LogP contribution in [0.25, 0.3) is 0 Å². The summed E-state index contributed by atoms with van der Waals surface area (Å²) in [4.78, 5) is 11.8. The molecule has 0 aliphatic carbocycles. The molecule has 3 N–H and O–H groups in total. The third kappa shape index (κ3) is 4.51. The van der Waals surface area contributed by atoms with E-state index in [2.05, 4.69) is 5.32 Å². The maximum Gasteiger partial charge on any atom is 0.251 e. The van der Waals surface area contributed by atoms with Gasteiger partial charge < -0.3 is 15.5 Å². The van der Waals surface area contributed by atoms with Crippen molar-refractivity contribution >= 4 is 28.5 Å². The molecule has 0 aliphatic rings. The highest BCUT2D eigenvalue weighted by molar-refractivity contribution is 14.1. The van der Waals surface area contributed by atoms with Crippen molar-refractivity contribution < 1.29 is 15.0 Å². The van der Waals surface area contributed by atoms with Crippen LogP contribution >= 0.6 is 22.6 Å². The van der Waals surface area contributed by atoms with Gasteiger partial charge in [0.15, 0.2) is 0 Å². The number of amides is 1. The largest absolute Gasteiger partial charge is 0.507 e. The lowest BCUT2D eigenvalue weighted by Gasteiger charge is -2.13. The first kappa shape index (κ1) is 14.2. The smallest absolute Gasteiger partial charge is 0.251 e. The molecule has 1 unspecified atom stereocenters. The Morgan fingerprint density at radius 3 is 2.82 bits per heavy atom. The number of aromatic hydroxyl groups is 1. The van der Waals surface area contributed by atoms with Gasteiger partial charge in [0, 0.05) is 18.2 Å². The van der Waals surface area contributed by atoms with Crippen LogP contribution in [0.3, 0.4) is 0 Å². The molecule has 0 saturated carbocycles. The van der Waals surface area contributed by atoms with Crippen LogP contribution in [-0.2, 0) is 0 Å². The summed E-state index contributed by atoms with van der Waals surface area (Å²) < 4.78 is 0.715. The second-order valence-corrected chi connectivity index (χ2v) is 5.07. The first-order valence-electron chi connectivity index (χ1n) is 5.45. The molecule has 5 heteroatoms. The molecule has 0 radical (unpaired) electrons. The summed E-state index contributed by atoms with van der Waals surface area (Å²) in [6.45, 7) is 2.02. The summed E-state index contributed by atoms with van der Waals surface area (Å²) in [5.41, 5.74) is 0.443. The summed E-state index contributed by atoms with van der Waals surface area (Å²) >= 11 is 2.00. The van der Waals surface area contributed by atoms with E-state index in [1.807, 2.05) is 29.5 Å². The zero-order valence-corrected chi connectivity index (χ0v) is 11.8. The van der Waals surface area contributed by atoms with Crippen LogP contribution in [0.2, 0.25) is 0 Å². The molecule has 4 nitrogen and oxygen atoms in total. The molecule has 1 amide bonds. The lowest BCUT2D eigenvalue weighted by Crippen LogP contribution is -2.32. The molecule has 0 fully saturated rings. The number of rotatable bonds is 5. The van der Waals surface area contributed by atoms with Crippen LogP contribution in [0.5, 0.6) is 5.75 Å². The molecule has 0 heterocycles. The summed E-state index contributed by atoms with van der Waals surface area (Å²) in [6, 6.07) is 4.84. The van der Waals surface area contributed by atoms with Crippen LogP contribution in [0, 0.1) is 3.57 Å². The molecule has 0 bridgehead atoms. The number of aliphatic hydroxyl groups is 1. The molecule has 1 aromatic carbocycles. The zero-order chi connectivity index (χ0) is 12.8. The van der Waals surface area contributed by atoms with Crippen molar-refractivity contribution in [1.29, 1.82) is 0 Å². The van der Waals surface area contributed by atoms with Crippen LogP contribution in [-0.4, -0.2) is 28.8 Å². The molecule has 0 saturated heterocycles. The number of phenols is 1. The fraction of sp³-hybridized carbons (Fsp3) is 0.417. The Labute approximate surface area is 114 Å².